The number of hydrogen-bond acceptors (Lipinski definition) is 6. The van der Waals surface area contributed by atoms with E-state index in [1.54, 1.807) is 24.8 Å². The normalized spacial score (nSPS) is 10.3. The van der Waals surface area contributed by atoms with E-state index in [4.69, 9.17) is 9.15 Å². The average Bonchev–Trinajstić information content (AvgIpc) is 3.00. The highest BCUT2D eigenvalue weighted by molar-refractivity contribution is 5.48. The molecule has 0 unspecified atom stereocenters. The molecule has 3 rings (SSSR count). The van der Waals surface area contributed by atoms with E-state index in [2.05, 4.69) is 19.9 Å². The molecule has 0 atom stereocenters. The summed E-state index contributed by atoms with van der Waals surface area (Å²) in [6, 6.07) is 5.58. The molecule has 0 amide bonds. The Labute approximate surface area is 109 Å². The van der Waals surface area contributed by atoms with Crippen LogP contribution in [0.3, 0.4) is 0 Å². The van der Waals surface area contributed by atoms with Crippen molar-refractivity contribution in [1.82, 2.24) is 19.9 Å². The van der Waals surface area contributed by atoms with Gasteiger partial charge in [0.15, 0.2) is 18.2 Å². The highest BCUT2D eigenvalue weighted by atomic mass is 16.5. The summed E-state index contributed by atoms with van der Waals surface area (Å²) in [6.07, 6.45) is 7.96. The standard InChI is InChI=1S/C13H10N4O2/c1-2-4-14-11(3-1)13-16-7-10(8-17-13)19-9-12-15-5-6-18-12/h1-8H,9H2. The number of oxazole rings is 1. The van der Waals surface area contributed by atoms with Gasteiger partial charge in [0.2, 0.25) is 5.89 Å². The molecular weight excluding hydrogens is 244 g/mol. The summed E-state index contributed by atoms with van der Waals surface area (Å²) in [4.78, 5) is 16.5. The van der Waals surface area contributed by atoms with E-state index in [-0.39, 0.29) is 6.61 Å². The molecule has 19 heavy (non-hydrogen) atoms. The van der Waals surface area contributed by atoms with E-state index < -0.39 is 0 Å². The summed E-state index contributed by atoms with van der Waals surface area (Å²) >= 11 is 0. The molecule has 0 saturated carbocycles. The second-order valence-electron chi connectivity index (χ2n) is 3.67. The van der Waals surface area contributed by atoms with Crippen molar-refractivity contribution in [2.45, 2.75) is 6.61 Å². The van der Waals surface area contributed by atoms with Crippen molar-refractivity contribution >= 4 is 0 Å². The molecule has 3 heterocycles. The van der Waals surface area contributed by atoms with E-state index in [0.29, 0.717) is 17.5 Å². The van der Waals surface area contributed by atoms with E-state index in [9.17, 15) is 0 Å². The average molecular weight is 254 g/mol. The van der Waals surface area contributed by atoms with Gasteiger partial charge < -0.3 is 9.15 Å². The third-order valence-corrected chi connectivity index (χ3v) is 2.37. The van der Waals surface area contributed by atoms with Crippen molar-refractivity contribution in [3.05, 3.63) is 55.1 Å². The summed E-state index contributed by atoms with van der Waals surface area (Å²) in [7, 11) is 0. The van der Waals surface area contributed by atoms with Gasteiger partial charge in [-0.2, -0.15) is 0 Å². The van der Waals surface area contributed by atoms with Crippen molar-refractivity contribution in [3.63, 3.8) is 0 Å². The Morgan fingerprint density at radius 3 is 2.58 bits per heavy atom. The van der Waals surface area contributed by atoms with Gasteiger partial charge in [-0.15, -0.1) is 0 Å². The predicted octanol–water partition coefficient (Wildman–Crippen LogP) is 2.11. The van der Waals surface area contributed by atoms with Crippen LogP contribution in [0.2, 0.25) is 0 Å². The molecule has 6 heteroatoms. The molecule has 0 spiro atoms. The SMILES string of the molecule is c1ccc(-c2ncc(OCc3ncco3)cn2)nc1. The predicted molar refractivity (Wildman–Crippen MR) is 66.1 cm³/mol. The van der Waals surface area contributed by atoms with E-state index in [0.717, 1.165) is 5.69 Å². The second-order valence-corrected chi connectivity index (χ2v) is 3.67. The molecule has 0 aromatic carbocycles. The van der Waals surface area contributed by atoms with Crippen LogP contribution in [-0.4, -0.2) is 19.9 Å². The number of hydrogen-bond donors (Lipinski definition) is 0. The highest BCUT2D eigenvalue weighted by Crippen LogP contribution is 2.14. The van der Waals surface area contributed by atoms with E-state index in [1.165, 1.54) is 6.26 Å². The monoisotopic (exact) mass is 254 g/mol. The van der Waals surface area contributed by atoms with Gasteiger partial charge in [-0.1, -0.05) is 6.07 Å². The maximum absolute atomic E-state index is 5.44. The third kappa shape index (κ3) is 2.74. The molecular formula is C13H10N4O2. The van der Waals surface area contributed by atoms with Crippen LogP contribution in [0.4, 0.5) is 0 Å². The lowest BCUT2D eigenvalue weighted by molar-refractivity contribution is 0.261. The zero-order valence-electron chi connectivity index (χ0n) is 9.93. The highest BCUT2D eigenvalue weighted by Gasteiger charge is 2.04. The zero-order valence-corrected chi connectivity index (χ0v) is 9.93. The van der Waals surface area contributed by atoms with Gasteiger partial charge >= 0.3 is 0 Å². The molecule has 0 N–H and O–H groups in total. The van der Waals surface area contributed by atoms with Crippen molar-refractivity contribution in [1.29, 1.82) is 0 Å². The van der Waals surface area contributed by atoms with Crippen LogP contribution in [0.15, 0.2) is 53.7 Å². The van der Waals surface area contributed by atoms with Crippen LogP contribution in [0.1, 0.15) is 5.89 Å². The summed E-state index contributed by atoms with van der Waals surface area (Å²) in [5, 5.41) is 0. The first kappa shape index (κ1) is 11.3. The maximum Gasteiger partial charge on any atom is 0.232 e. The van der Waals surface area contributed by atoms with Crippen molar-refractivity contribution in [3.8, 4) is 17.3 Å². The molecule has 6 nitrogen and oxygen atoms in total. The first-order chi connectivity index (χ1) is 9.42. The fraction of sp³-hybridized carbons (Fsp3) is 0.0769. The molecule has 0 aliphatic rings. The first-order valence-corrected chi connectivity index (χ1v) is 5.66. The Bertz CT molecular complexity index is 624. The van der Waals surface area contributed by atoms with Crippen LogP contribution in [0.25, 0.3) is 11.5 Å². The largest absolute Gasteiger partial charge is 0.481 e. The molecule has 0 aliphatic carbocycles. The summed E-state index contributed by atoms with van der Waals surface area (Å²) in [5.41, 5.74) is 0.724. The van der Waals surface area contributed by atoms with Crippen molar-refractivity contribution in [2.75, 3.05) is 0 Å². The Hall–Kier alpha value is -2.76. The number of rotatable bonds is 4. The lowest BCUT2D eigenvalue weighted by atomic mass is 10.3. The molecule has 0 fully saturated rings. The summed E-state index contributed by atoms with van der Waals surface area (Å²) < 4.78 is 10.5. The van der Waals surface area contributed by atoms with Crippen molar-refractivity contribution < 1.29 is 9.15 Å². The molecule has 3 aromatic rings. The summed E-state index contributed by atoms with van der Waals surface area (Å²) in [6.45, 7) is 0.249. The van der Waals surface area contributed by atoms with Gasteiger partial charge in [0.05, 0.1) is 18.6 Å². The van der Waals surface area contributed by atoms with Gasteiger partial charge in [0, 0.05) is 6.20 Å². The Kier molecular flexibility index (Phi) is 3.14. The molecule has 3 aromatic heterocycles. The molecule has 0 saturated heterocycles. The smallest absolute Gasteiger partial charge is 0.232 e. The summed E-state index contributed by atoms with van der Waals surface area (Å²) in [5.74, 6) is 1.62. The molecule has 0 radical (unpaired) electrons. The fourth-order valence-electron chi connectivity index (χ4n) is 1.49. The Morgan fingerprint density at radius 2 is 1.89 bits per heavy atom. The zero-order chi connectivity index (χ0) is 12.9. The van der Waals surface area contributed by atoms with Crippen LogP contribution < -0.4 is 4.74 Å². The van der Waals surface area contributed by atoms with Gasteiger partial charge in [0.25, 0.3) is 0 Å². The van der Waals surface area contributed by atoms with Crippen LogP contribution in [0.5, 0.6) is 5.75 Å². The minimum Gasteiger partial charge on any atom is -0.481 e. The van der Waals surface area contributed by atoms with Crippen LogP contribution >= 0.6 is 0 Å². The minimum atomic E-state index is 0.249. The van der Waals surface area contributed by atoms with Gasteiger partial charge in [0.1, 0.15) is 12.0 Å². The first-order valence-electron chi connectivity index (χ1n) is 5.66. The van der Waals surface area contributed by atoms with Crippen LogP contribution in [0, 0.1) is 0 Å². The number of nitrogens with zero attached hydrogens (tertiary/aromatic N) is 4. The van der Waals surface area contributed by atoms with Gasteiger partial charge in [-0.25, -0.2) is 15.0 Å². The molecule has 94 valence electrons. The lowest BCUT2D eigenvalue weighted by Crippen LogP contribution is -1.98. The number of aromatic nitrogens is 4. The Balaban J connectivity index is 1.69. The van der Waals surface area contributed by atoms with Crippen molar-refractivity contribution in [2.24, 2.45) is 0 Å². The maximum atomic E-state index is 5.44. The second kappa shape index (κ2) is 5.26. The third-order valence-electron chi connectivity index (χ3n) is 2.37. The van der Waals surface area contributed by atoms with E-state index >= 15 is 0 Å². The van der Waals surface area contributed by atoms with Crippen LogP contribution in [-0.2, 0) is 6.61 Å². The lowest BCUT2D eigenvalue weighted by Gasteiger charge is -2.03. The topological polar surface area (TPSA) is 73.9 Å². The number of pyridine rings is 1. The number of ether oxygens (including phenoxy) is 1. The minimum absolute atomic E-state index is 0.249. The molecule has 0 aliphatic heterocycles. The Morgan fingerprint density at radius 1 is 1.00 bits per heavy atom. The molecule has 0 bridgehead atoms. The quantitative estimate of drug-likeness (QED) is 0.709. The van der Waals surface area contributed by atoms with Gasteiger partial charge in [-0.05, 0) is 12.1 Å². The van der Waals surface area contributed by atoms with Gasteiger partial charge in [-0.3, -0.25) is 4.98 Å². The fourth-order valence-corrected chi connectivity index (χ4v) is 1.49. The van der Waals surface area contributed by atoms with E-state index in [1.807, 2.05) is 18.2 Å².